The van der Waals surface area contributed by atoms with Crippen molar-refractivity contribution >= 4 is 21.6 Å². The molecule has 1 heterocycles. The molecule has 0 radical (unpaired) electrons. The Bertz CT molecular complexity index is 438. The van der Waals surface area contributed by atoms with Gasteiger partial charge in [-0.2, -0.15) is 0 Å². The number of hydrogen-bond acceptors (Lipinski definition) is 3. The molecule has 1 aromatic carbocycles. The fourth-order valence-corrected chi connectivity index (χ4v) is 3.23. The number of aryl methyl sites for hydroxylation is 1. The van der Waals surface area contributed by atoms with Crippen LogP contribution in [0.3, 0.4) is 0 Å². The van der Waals surface area contributed by atoms with Crippen LogP contribution in [-0.4, -0.2) is 48.8 Å². The molecule has 106 valence electrons. The van der Waals surface area contributed by atoms with Gasteiger partial charge in [0.05, 0.1) is 12.6 Å². The quantitative estimate of drug-likeness (QED) is 0.905. The Morgan fingerprint density at radius 2 is 2.16 bits per heavy atom. The predicted octanol–water partition coefficient (Wildman–Crippen LogP) is 2.65. The number of benzene rings is 1. The lowest BCUT2D eigenvalue weighted by molar-refractivity contribution is 0.206. The molecule has 1 aliphatic heterocycles. The second kappa shape index (κ2) is 6.25. The Kier molecular flexibility index (Phi) is 4.87. The van der Waals surface area contributed by atoms with Crippen LogP contribution < -0.4 is 4.90 Å². The van der Waals surface area contributed by atoms with Crippen molar-refractivity contribution < 1.29 is 5.11 Å². The SMILES string of the molecule is Cc1cc(Br)ccc1N1CCC(C)N(C)CC1CO. The number of aliphatic hydroxyl groups excluding tert-OH is 1. The number of likely N-dealkylation sites (N-methyl/N-ethyl adjacent to an activating group) is 1. The lowest BCUT2D eigenvalue weighted by Crippen LogP contribution is -2.43. The Balaban J connectivity index is 2.30. The molecule has 0 aromatic heterocycles. The molecule has 1 aliphatic rings. The number of nitrogens with zero attached hydrogens (tertiary/aromatic N) is 2. The second-order valence-electron chi connectivity index (χ2n) is 5.54. The van der Waals surface area contributed by atoms with E-state index < -0.39 is 0 Å². The van der Waals surface area contributed by atoms with Crippen LogP contribution in [-0.2, 0) is 0 Å². The summed E-state index contributed by atoms with van der Waals surface area (Å²) in [7, 11) is 2.14. The van der Waals surface area contributed by atoms with Crippen LogP contribution >= 0.6 is 15.9 Å². The molecular formula is C15H23BrN2O. The lowest BCUT2D eigenvalue weighted by atomic mass is 10.1. The van der Waals surface area contributed by atoms with Crippen LogP contribution in [0.5, 0.6) is 0 Å². The zero-order valence-electron chi connectivity index (χ0n) is 11.9. The first-order valence-electron chi connectivity index (χ1n) is 6.87. The van der Waals surface area contributed by atoms with Gasteiger partial charge < -0.3 is 14.9 Å². The van der Waals surface area contributed by atoms with E-state index in [9.17, 15) is 5.11 Å². The molecule has 2 unspecified atom stereocenters. The summed E-state index contributed by atoms with van der Waals surface area (Å²) in [6.07, 6.45) is 1.13. The molecular weight excluding hydrogens is 304 g/mol. The van der Waals surface area contributed by atoms with E-state index in [0.717, 1.165) is 24.0 Å². The number of halogens is 1. The highest BCUT2D eigenvalue weighted by atomic mass is 79.9. The average molecular weight is 327 g/mol. The zero-order valence-corrected chi connectivity index (χ0v) is 13.5. The van der Waals surface area contributed by atoms with Gasteiger partial charge in [-0.25, -0.2) is 0 Å². The topological polar surface area (TPSA) is 26.7 Å². The largest absolute Gasteiger partial charge is 0.394 e. The summed E-state index contributed by atoms with van der Waals surface area (Å²) >= 11 is 3.51. The summed E-state index contributed by atoms with van der Waals surface area (Å²) in [5, 5.41) is 9.72. The fraction of sp³-hybridized carbons (Fsp3) is 0.600. The third kappa shape index (κ3) is 3.30. The maximum atomic E-state index is 9.72. The van der Waals surface area contributed by atoms with E-state index in [4.69, 9.17) is 0 Å². The highest BCUT2D eigenvalue weighted by molar-refractivity contribution is 9.10. The molecule has 0 spiro atoms. The van der Waals surface area contributed by atoms with Crippen LogP contribution in [0, 0.1) is 6.92 Å². The van der Waals surface area contributed by atoms with Crippen molar-refractivity contribution in [2.45, 2.75) is 32.4 Å². The van der Waals surface area contributed by atoms with Gasteiger partial charge in [0.2, 0.25) is 0 Å². The molecule has 3 nitrogen and oxygen atoms in total. The first kappa shape index (κ1) is 14.8. The van der Waals surface area contributed by atoms with Crippen molar-refractivity contribution in [2.75, 3.05) is 31.6 Å². The first-order chi connectivity index (χ1) is 9.02. The monoisotopic (exact) mass is 326 g/mol. The highest BCUT2D eigenvalue weighted by Crippen LogP contribution is 2.27. The Labute approximate surface area is 124 Å². The molecule has 1 fully saturated rings. The Hall–Kier alpha value is -0.580. The smallest absolute Gasteiger partial charge is 0.0648 e. The van der Waals surface area contributed by atoms with E-state index in [-0.39, 0.29) is 12.6 Å². The van der Waals surface area contributed by atoms with E-state index in [1.165, 1.54) is 11.3 Å². The van der Waals surface area contributed by atoms with Crippen molar-refractivity contribution in [1.29, 1.82) is 0 Å². The minimum atomic E-state index is 0.176. The maximum absolute atomic E-state index is 9.72. The van der Waals surface area contributed by atoms with Gasteiger partial charge in [-0.1, -0.05) is 15.9 Å². The molecule has 4 heteroatoms. The summed E-state index contributed by atoms with van der Waals surface area (Å²) in [5.41, 5.74) is 2.50. The van der Waals surface area contributed by atoms with Crippen LogP contribution in [0.4, 0.5) is 5.69 Å². The standard InChI is InChI=1S/C15H23BrN2O/c1-11-8-13(16)4-5-15(11)18-7-6-12(2)17(3)9-14(18)10-19/h4-5,8,12,14,19H,6-7,9-10H2,1-3H3. The van der Waals surface area contributed by atoms with Gasteiger partial charge in [0.1, 0.15) is 0 Å². The third-order valence-electron chi connectivity index (χ3n) is 4.16. The van der Waals surface area contributed by atoms with Crippen molar-refractivity contribution in [2.24, 2.45) is 0 Å². The molecule has 1 N–H and O–H groups in total. The van der Waals surface area contributed by atoms with Gasteiger partial charge in [0, 0.05) is 29.3 Å². The van der Waals surface area contributed by atoms with E-state index in [1.807, 2.05) is 0 Å². The van der Waals surface area contributed by atoms with E-state index in [1.54, 1.807) is 0 Å². The molecule has 0 saturated carbocycles. The summed E-state index contributed by atoms with van der Waals surface area (Å²) < 4.78 is 1.11. The van der Waals surface area contributed by atoms with Crippen molar-refractivity contribution in [1.82, 2.24) is 4.90 Å². The van der Waals surface area contributed by atoms with E-state index in [0.29, 0.717) is 6.04 Å². The van der Waals surface area contributed by atoms with Crippen LogP contribution in [0.15, 0.2) is 22.7 Å². The molecule has 0 aliphatic carbocycles. The maximum Gasteiger partial charge on any atom is 0.0648 e. The minimum absolute atomic E-state index is 0.176. The van der Waals surface area contributed by atoms with Crippen LogP contribution in [0.25, 0.3) is 0 Å². The summed E-state index contributed by atoms with van der Waals surface area (Å²) in [5.74, 6) is 0. The van der Waals surface area contributed by atoms with Gasteiger partial charge >= 0.3 is 0 Å². The molecule has 0 bridgehead atoms. The van der Waals surface area contributed by atoms with E-state index in [2.05, 4.69) is 64.8 Å². The number of hydrogen-bond donors (Lipinski definition) is 1. The number of anilines is 1. The molecule has 2 atom stereocenters. The zero-order chi connectivity index (χ0) is 14.0. The number of aliphatic hydroxyl groups is 1. The molecule has 2 rings (SSSR count). The third-order valence-corrected chi connectivity index (χ3v) is 4.65. The fourth-order valence-electron chi connectivity index (χ4n) is 2.75. The van der Waals surface area contributed by atoms with Crippen molar-refractivity contribution in [3.8, 4) is 0 Å². The summed E-state index contributed by atoms with van der Waals surface area (Å²) in [4.78, 5) is 4.71. The molecule has 1 aromatic rings. The summed E-state index contributed by atoms with van der Waals surface area (Å²) in [6, 6.07) is 7.11. The summed E-state index contributed by atoms with van der Waals surface area (Å²) in [6.45, 7) is 6.50. The Morgan fingerprint density at radius 1 is 1.42 bits per heavy atom. The second-order valence-corrected chi connectivity index (χ2v) is 6.45. The predicted molar refractivity (Wildman–Crippen MR) is 83.8 cm³/mol. The van der Waals surface area contributed by atoms with Gasteiger partial charge in [-0.05, 0) is 51.1 Å². The van der Waals surface area contributed by atoms with Gasteiger partial charge in [0.15, 0.2) is 0 Å². The highest BCUT2D eigenvalue weighted by Gasteiger charge is 2.27. The average Bonchev–Trinajstić information content (AvgIpc) is 2.51. The van der Waals surface area contributed by atoms with Gasteiger partial charge in [-0.15, -0.1) is 0 Å². The lowest BCUT2D eigenvalue weighted by Gasteiger charge is -2.33. The normalized spacial score (nSPS) is 25.4. The molecule has 0 amide bonds. The van der Waals surface area contributed by atoms with Crippen LogP contribution in [0.2, 0.25) is 0 Å². The molecule has 19 heavy (non-hydrogen) atoms. The van der Waals surface area contributed by atoms with Crippen LogP contribution in [0.1, 0.15) is 18.9 Å². The van der Waals surface area contributed by atoms with E-state index >= 15 is 0 Å². The van der Waals surface area contributed by atoms with Gasteiger partial charge in [-0.3, -0.25) is 0 Å². The van der Waals surface area contributed by atoms with Gasteiger partial charge in [0.25, 0.3) is 0 Å². The Morgan fingerprint density at radius 3 is 2.79 bits per heavy atom. The molecule has 1 saturated heterocycles. The number of rotatable bonds is 2. The first-order valence-corrected chi connectivity index (χ1v) is 7.66. The minimum Gasteiger partial charge on any atom is -0.394 e. The van der Waals surface area contributed by atoms with Crippen molar-refractivity contribution in [3.63, 3.8) is 0 Å². The van der Waals surface area contributed by atoms with Crippen molar-refractivity contribution in [3.05, 3.63) is 28.2 Å².